The standard InChI is InChI=1S/C23H29N5O3S/c1-27-18-12-24-23(25-15-11-19(22(30)31)32-13-15)26-20(18)28(16-8-4-5-9-16)17(21(27)29)10-14-6-2-3-7-14/h11-14,16-17H,2-10H2,1H3,(H,30,31)(H,24,25,26). The molecule has 32 heavy (non-hydrogen) atoms. The Bertz CT molecular complexity index is 1010. The number of carbonyl (C=O) groups is 2. The number of fused-ring (bicyclic) bond motifs is 1. The highest BCUT2D eigenvalue weighted by Gasteiger charge is 2.43. The number of nitrogens with zero attached hydrogens (tertiary/aromatic N) is 4. The van der Waals surface area contributed by atoms with Gasteiger partial charge in [0.05, 0.1) is 11.9 Å². The maximum Gasteiger partial charge on any atom is 0.345 e. The molecule has 1 amide bonds. The van der Waals surface area contributed by atoms with E-state index < -0.39 is 5.97 Å². The maximum atomic E-state index is 13.4. The van der Waals surface area contributed by atoms with Gasteiger partial charge in [0.1, 0.15) is 16.6 Å². The van der Waals surface area contributed by atoms with Crippen LogP contribution >= 0.6 is 11.3 Å². The van der Waals surface area contributed by atoms with Crippen molar-refractivity contribution in [3.8, 4) is 0 Å². The molecule has 1 unspecified atom stereocenters. The van der Waals surface area contributed by atoms with Crippen molar-refractivity contribution in [2.24, 2.45) is 5.92 Å². The number of carbonyl (C=O) groups excluding carboxylic acids is 1. The second-order valence-corrected chi connectivity index (χ2v) is 10.1. The van der Waals surface area contributed by atoms with Crippen LogP contribution < -0.4 is 15.1 Å². The van der Waals surface area contributed by atoms with Crippen LogP contribution in [0.15, 0.2) is 17.6 Å². The number of hydrogen-bond donors (Lipinski definition) is 2. The first kappa shape index (κ1) is 21.2. The summed E-state index contributed by atoms with van der Waals surface area (Å²) in [5.41, 5.74) is 1.40. The van der Waals surface area contributed by atoms with E-state index in [2.05, 4.69) is 15.2 Å². The van der Waals surface area contributed by atoms with E-state index in [1.807, 2.05) is 7.05 Å². The second kappa shape index (κ2) is 8.69. The predicted molar refractivity (Wildman–Crippen MR) is 125 cm³/mol. The van der Waals surface area contributed by atoms with E-state index in [0.717, 1.165) is 42.1 Å². The lowest BCUT2D eigenvalue weighted by atomic mass is 9.93. The highest BCUT2D eigenvalue weighted by molar-refractivity contribution is 7.12. The molecule has 3 heterocycles. The highest BCUT2D eigenvalue weighted by Crippen LogP contribution is 2.42. The van der Waals surface area contributed by atoms with Crippen LogP contribution in [0.2, 0.25) is 0 Å². The molecule has 0 bridgehead atoms. The molecule has 0 spiro atoms. The molecule has 8 nitrogen and oxygen atoms in total. The van der Waals surface area contributed by atoms with Crippen molar-refractivity contribution in [3.05, 3.63) is 22.5 Å². The number of carboxylic acids is 1. The minimum absolute atomic E-state index is 0.143. The number of carboxylic acid groups (broad SMARTS) is 1. The Labute approximate surface area is 191 Å². The lowest BCUT2D eigenvalue weighted by molar-refractivity contribution is -0.120. The number of aromatic nitrogens is 2. The van der Waals surface area contributed by atoms with Crippen LogP contribution in [-0.2, 0) is 4.79 Å². The fourth-order valence-corrected chi connectivity index (χ4v) is 6.17. The highest BCUT2D eigenvalue weighted by atomic mass is 32.1. The number of hydrogen-bond acceptors (Lipinski definition) is 7. The van der Waals surface area contributed by atoms with Crippen LogP contribution in [0, 0.1) is 5.92 Å². The van der Waals surface area contributed by atoms with E-state index in [4.69, 9.17) is 4.98 Å². The third kappa shape index (κ3) is 3.94. The molecule has 3 aliphatic rings. The van der Waals surface area contributed by atoms with E-state index in [1.165, 1.54) is 38.5 Å². The van der Waals surface area contributed by atoms with Gasteiger partial charge in [0.2, 0.25) is 11.9 Å². The van der Waals surface area contributed by atoms with Crippen molar-refractivity contribution in [1.29, 1.82) is 0 Å². The van der Waals surface area contributed by atoms with Gasteiger partial charge in [0.25, 0.3) is 0 Å². The van der Waals surface area contributed by atoms with Crippen molar-refractivity contribution in [3.63, 3.8) is 0 Å². The quantitative estimate of drug-likeness (QED) is 0.654. The van der Waals surface area contributed by atoms with E-state index in [-0.39, 0.29) is 16.8 Å². The number of aromatic carboxylic acids is 1. The van der Waals surface area contributed by atoms with Gasteiger partial charge in [0.15, 0.2) is 5.82 Å². The van der Waals surface area contributed by atoms with Crippen LogP contribution in [0.5, 0.6) is 0 Å². The lowest BCUT2D eigenvalue weighted by Crippen LogP contribution is -2.56. The molecule has 2 aromatic heterocycles. The molecule has 2 N–H and O–H groups in total. The summed E-state index contributed by atoms with van der Waals surface area (Å²) in [4.78, 5) is 38.2. The molecular formula is C23H29N5O3S. The summed E-state index contributed by atoms with van der Waals surface area (Å²) in [5.74, 6) is 1.03. The smallest absolute Gasteiger partial charge is 0.345 e. The van der Waals surface area contributed by atoms with Gasteiger partial charge in [0, 0.05) is 18.5 Å². The zero-order chi connectivity index (χ0) is 22.2. The normalized spacial score (nSPS) is 21.9. The molecular weight excluding hydrogens is 426 g/mol. The molecule has 2 saturated carbocycles. The average Bonchev–Trinajstić information content (AvgIpc) is 3.55. The molecule has 2 fully saturated rings. The molecule has 2 aliphatic carbocycles. The maximum absolute atomic E-state index is 13.4. The van der Waals surface area contributed by atoms with Gasteiger partial charge in [-0.3, -0.25) is 4.79 Å². The summed E-state index contributed by atoms with van der Waals surface area (Å²) in [6.07, 6.45) is 12.1. The Balaban J connectivity index is 1.49. The monoisotopic (exact) mass is 455 g/mol. The van der Waals surface area contributed by atoms with Gasteiger partial charge in [-0.15, -0.1) is 11.3 Å². The van der Waals surface area contributed by atoms with Crippen molar-refractivity contribution < 1.29 is 14.7 Å². The molecule has 170 valence electrons. The zero-order valence-corrected chi connectivity index (χ0v) is 19.1. The third-order valence-corrected chi connectivity index (χ3v) is 8.04. The number of likely N-dealkylation sites (N-methyl/N-ethyl adjacent to an activating group) is 1. The largest absolute Gasteiger partial charge is 0.477 e. The van der Waals surface area contributed by atoms with E-state index in [9.17, 15) is 14.7 Å². The number of anilines is 4. The summed E-state index contributed by atoms with van der Waals surface area (Å²) in [7, 11) is 1.82. The van der Waals surface area contributed by atoms with Gasteiger partial charge >= 0.3 is 5.97 Å². The van der Waals surface area contributed by atoms with Gasteiger partial charge < -0.3 is 20.2 Å². The SMILES string of the molecule is CN1C(=O)C(CC2CCCC2)N(C2CCCC2)c2nc(Nc3csc(C(=O)O)c3)ncc21. The first-order valence-corrected chi connectivity index (χ1v) is 12.4. The molecule has 0 aromatic carbocycles. The predicted octanol–water partition coefficient (Wildman–Crippen LogP) is 4.65. The van der Waals surface area contributed by atoms with Crippen molar-refractivity contribution >= 4 is 46.4 Å². The second-order valence-electron chi connectivity index (χ2n) is 9.18. The van der Waals surface area contributed by atoms with Crippen molar-refractivity contribution in [2.75, 3.05) is 22.2 Å². The number of nitrogens with one attached hydrogen (secondary N) is 1. The first-order chi connectivity index (χ1) is 15.5. The topological polar surface area (TPSA) is 98.7 Å². The summed E-state index contributed by atoms with van der Waals surface area (Å²) >= 11 is 1.16. The first-order valence-electron chi connectivity index (χ1n) is 11.5. The van der Waals surface area contributed by atoms with Crippen LogP contribution in [0.1, 0.15) is 67.5 Å². The molecule has 9 heteroatoms. The fourth-order valence-electron chi connectivity index (χ4n) is 5.49. The van der Waals surface area contributed by atoms with E-state index >= 15 is 0 Å². The number of amides is 1. The fraction of sp³-hybridized carbons (Fsp3) is 0.565. The zero-order valence-electron chi connectivity index (χ0n) is 18.3. The van der Waals surface area contributed by atoms with Crippen LogP contribution in [0.25, 0.3) is 0 Å². The minimum atomic E-state index is -0.947. The third-order valence-electron chi connectivity index (χ3n) is 7.12. The number of thiophene rings is 1. The van der Waals surface area contributed by atoms with Gasteiger partial charge in [-0.25, -0.2) is 9.78 Å². The Hall–Kier alpha value is -2.68. The minimum Gasteiger partial charge on any atom is -0.477 e. The van der Waals surface area contributed by atoms with Gasteiger partial charge in [-0.2, -0.15) is 4.98 Å². The molecule has 1 atom stereocenters. The van der Waals surface area contributed by atoms with Crippen molar-refractivity contribution in [2.45, 2.75) is 69.9 Å². The number of rotatable bonds is 6. The molecule has 5 rings (SSSR count). The Morgan fingerprint density at radius 1 is 1.22 bits per heavy atom. The van der Waals surface area contributed by atoms with Gasteiger partial charge in [-0.05, 0) is 31.2 Å². The molecule has 1 aliphatic heterocycles. The molecule has 0 saturated heterocycles. The van der Waals surface area contributed by atoms with E-state index in [0.29, 0.717) is 23.6 Å². The summed E-state index contributed by atoms with van der Waals surface area (Å²) in [6.45, 7) is 0. The lowest BCUT2D eigenvalue weighted by Gasteiger charge is -2.44. The molecule has 0 radical (unpaired) electrons. The summed E-state index contributed by atoms with van der Waals surface area (Å²) < 4.78 is 0. The summed E-state index contributed by atoms with van der Waals surface area (Å²) in [6, 6.07) is 1.73. The van der Waals surface area contributed by atoms with E-state index in [1.54, 1.807) is 22.5 Å². The Kier molecular flexibility index (Phi) is 5.75. The van der Waals surface area contributed by atoms with Crippen LogP contribution in [0.3, 0.4) is 0 Å². The van der Waals surface area contributed by atoms with Crippen molar-refractivity contribution in [1.82, 2.24) is 9.97 Å². The van der Waals surface area contributed by atoms with Crippen LogP contribution in [-0.4, -0.2) is 46.1 Å². The molecule has 2 aromatic rings. The van der Waals surface area contributed by atoms with Gasteiger partial charge in [-0.1, -0.05) is 38.5 Å². The Morgan fingerprint density at radius 3 is 2.62 bits per heavy atom. The average molecular weight is 456 g/mol. The summed E-state index contributed by atoms with van der Waals surface area (Å²) in [5, 5.41) is 14.1. The Morgan fingerprint density at radius 2 is 1.94 bits per heavy atom. The van der Waals surface area contributed by atoms with Crippen LogP contribution in [0.4, 0.5) is 23.1 Å².